The molecular formula is C20H12F5N5O3S. The summed E-state index contributed by atoms with van der Waals surface area (Å²) in [5.74, 6) is -3.45. The van der Waals surface area contributed by atoms with E-state index in [1.165, 1.54) is 18.2 Å². The molecule has 2 heterocycles. The highest BCUT2D eigenvalue weighted by Gasteiger charge is 2.36. The van der Waals surface area contributed by atoms with Crippen molar-refractivity contribution in [2.24, 2.45) is 5.14 Å². The van der Waals surface area contributed by atoms with Gasteiger partial charge < -0.3 is 5.32 Å². The third-order valence-corrected chi connectivity index (χ3v) is 5.55. The van der Waals surface area contributed by atoms with Crippen LogP contribution in [0.1, 0.15) is 16.1 Å². The lowest BCUT2D eigenvalue weighted by Crippen LogP contribution is -2.16. The number of sulfonamides is 1. The quantitative estimate of drug-likeness (QED) is 0.418. The molecule has 1 amide bonds. The topological polar surface area (TPSA) is 119 Å². The van der Waals surface area contributed by atoms with Crippen molar-refractivity contribution in [2.45, 2.75) is 11.1 Å². The van der Waals surface area contributed by atoms with E-state index in [2.05, 4.69) is 15.4 Å². The monoisotopic (exact) mass is 497 g/mol. The molecule has 0 bridgehead atoms. The van der Waals surface area contributed by atoms with Gasteiger partial charge in [0.1, 0.15) is 5.56 Å². The smallest absolute Gasteiger partial charge is 0.322 e. The maximum Gasteiger partial charge on any atom is 0.433 e. The van der Waals surface area contributed by atoms with Crippen LogP contribution in [0.3, 0.4) is 0 Å². The molecule has 2 aromatic heterocycles. The van der Waals surface area contributed by atoms with Crippen molar-refractivity contribution in [1.82, 2.24) is 14.6 Å². The highest BCUT2D eigenvalue weighted by atomic mass is 32.2. The van der Waals surface area contributed by atoms with Crippen molar-refractivity contribution < 1.29 is 35.2 Å². The van der Waals surface area contributed by atoms with Crippen molar-refractivity contribution in [2.75, 3.05) is 5.32 Å². The Balaban J connectivity index is 1.83. The summed E-state index contributed by atoms with van der Waals surface area (Å²) in [6.07, 6.45) is -4.09. The van der Waals surface area contributed by atoms with Crippen LogP contribution >= 0.6 is 0 Å². The molecule has 0 aliphatic heterocycles. The number of primary sulfonamides is 1. The Labute approximate surface area is 187 Å². The van der Waals surface area contributed by atoms with Gasteiger partial charge >= 0.3 is 6.18 Å². The number of halogens is 5. The van der Waals surface area contributed by atoms with Crippen LogP contribution < -0.4 is 10.5 Å². The molecule has 176 valence electrons. The molecule has 0 spiro atoms. The summed E-state index contributed by atoms with van der Waals surface area (Å²) in [6.45, 7) is 0. The molecule has 2 aromatic carbocycles. The Kier molecular flexibility index (Phi) is 5.57. The predicted octanol–water partition coefficient (Wildman–Crippen LogP) is 3.59. The fourth-order valence-electron chi connectivity index (χ4n) is 3.08. The van der Waals surface area contributed by atoms with E-state index < -0.39 is 50.6 Å². The first-order valence-electron chi connectivity index (χ1n) is 9.20. The number of rotatable bonds is 4. The average Bonchev–Trinajstić information content (AvgIpc) is 3.18. The lowest BCUT2D eigenvalue weighted by atomic mass is 10.1. The molecule has 0 saturated carbocycles. The highest BCUT2D eigenvalue weighted by molar-refractivity contribution is 7.89. The summed E-state index contributed by atoms with van der Waals surface area (Å²) in [6, 6.07) is 7.89. The molecule has 4 aromatic rings. The van der Waals surface area contributed by atoms with E-state index in [1.54, 1.807) is 0 Å². The maximum absolute atomic E-state index is 13.7. The Hall–Kier alpha value is -3.91. The molecule has 4 rings (SSSR count). The Morgan fingerprint density at radius 2 is 1.76 bits per heavy atom. The fraction of sp³-hybridized carbons (Fsp3) is 0.0500. The van der Waals surface area contributed by atoms with Crippen molar-refractivity contribution in [3.8, 4) is 11.3 Å². The van der Waals surface area contributed by atoms with E-state index in [1.807, 2.05) is 0 Å². The first kappa shape index (κ1) is 23.3. The molecule has 0 atom stereocenters. The normalized spacial score (nSPS) is 12.2. The molecule has 0 unspecified atom stereocenters. The zero-order valence-corrected chi connectivity index (χ0v) is 17.5. The zero-order valence-electron chi connectivity index (χ0n) is 16.6. The number of hydrogen-bond donors (Lipinski definition) is 2. The van der Waals surface area contributed by atoms with Gasteiger partial charge in [0.15, 0.2) is 23.0 Å². The van der Waals surface area contributed by atoms with E-state index in [4.69, 9.17) is 5.14 Å². The summed E-state index contributed by atoms with van der Waals surface area (Å²) in [5.41, 5.74) is -2.79. The van der Waals surface area contributed by atoms with Crippen LogP contribution in [0.2, 0.25) is 0 Å². The second-order valence-corrected chi connectivity index (χ2v) is 8.54. The molecule has 0 aliphatic rings. The van der Waals surface area contributed by atoms with Gasteiger partial charge in [0.05, 0.1) is 16.8 Å². The number of anilines is 1. The van der Waals surface area contributed by atoms with Gasteiger partial charge in [0.25, 0.3) is 5.91 Å². The van der Waals surface area contributed by atoms with Gasteiger partial charge in [0.2, 0.25) is 10.0 Å². The van der Waals surface area contributed by atoms with Crippen LogP contribution in [-0.4, -0.2) is 28.9 Å². The Morgan fingerprint density at radius 3 is 2.41 bits per heavy atom. The first-order valence-corrected chi connectivity index (χ1v) is 10.7. The van der Waals surface area contributed by atoms with E-state index in [0.29, 0.717) is 16.6 Å². The van der Waals surface area contributed by atoms with Crippen LogP contribution in [-0.2, 0) is 16.2 Å². The zero-order chi connectivity index (χ0) is 24.8. The highest BCUT2D eigenvalue weighted by Crippen LogP contribution is 2.33. The SMILES string of the molecule is NS(=O)(=O)c1cccc(NC(=O)c2cnn3c(C(F)(F)F)cc(-c4ccc(F)c(F)c4)nc23)c1. The minimum absolute atomic E-state index is 0.0105. The van der Waals surface area contributed by atoms with Crippen LogP contribution in [0, 0.1) is 11.6 Å². The number of aromatic nitrogens is 3. The largest absolute Gasteiger partial charge is 0.433 e. The van der Waals surface area contributed by atoms with Crippen molar-refractivity contribution in [3.05, 3.63) is 77.6 Å². The van der Waals surface area contributed by atoms with Gasteiger partial charge in [-0.2, -0.15) is 18.3 Å². The minimum Gasteiger partial charge on any atom is -0.322 e. The van der Waals surface area contributed by atoms with E-state index in [0.717, 1.165) is 24.4 Å². The minimum atomic E-state index is -4.93. The first-order chi connectivity index (χ1) is 15.8. The maximum atomic E-state index is 13.7. The Morgan fingerprint density at radius 1 is 1.03 bits per heavy atom. The van der Waals surface area contributed by atoms with Crippen LogP contribution in [0.5, 0.6) is 0 Å². The van der Waals surface area contributed by atoms with Gasteiger partial charge in [-0.3, -0.25) is 4.79 Å². The summed E-state index contributed by atoms with van der Waals surface area (Å²) >= 11 is 0. The van der Waals surface area contributed by atoms with Crippen LogP contribution in [0.15, 0.2) is 59.6 Å². The van der Waals surface area contributed by atoms with Gasteiger partial charge in [-0.05, 0) is 42.5 Å². The molecule has 34 heavy (non-hydrogen) atoms. The number of carbonyl (C=O) groups excluding carboxylic acids is 1. The van der Waals surface area contributed by atoms with Crippen molar-refractivity contribution in [3.63, 3.8) is 0 Å². The molecule has 0 radical (unpaired) electrons. The molecular weight excluding hydrogens is 485 g/mol. The van der Waals surface area contributed by atoms with E-state index >= 15 is 0 Å². The van der Waals surface area contributed by atoms with Crippen LogP contribution in [0.4, 0.5) is 27.6 Å². The van der Waals surface area contributed by atoms with Crippen LogP contribution in [0.25, 0.3) is 16.9 Å². The van der Waals surface area contributed by atoms with Gasteiger partial charge in [-0.15, -0.1) is 0 Å². The third-order valence-electron chi connectivity index (χ3n) is 4.64. The number of carbonyl (C=O) groups is 1. The van der Waals surface area contributed by atoms with E-state index in [-0.39, 0.29) is 21.8 Å². The second kappa shape index (κ2) is 8.14. The second-order valence-electron chi connectivity index (χ2n) is 6.97. The molecule has 0 saturated heterocycles. The number of benzene rings is 2. The standard InChI is InChI=1S/C20H12F5N5O3S/c21-14-5-4-10(6-15(14)22)16-8-17(20(23,24)25)30-18(29-16)13(9-27-30)19(31)28-11-2-1-3-12(7-11)34(26,32)33/h1-9H,(H,28,31)(H2,26,32,33). The summed E-state index contributed by atoms with van der Waals surface area (Å²) < 4.78 is 91.4. The number of hydrogen-bond acceptors (Lipinski definition) is 5. The van der Waals surface area contributed by atoms with Crippen molar-refractivity contribution >= 4 is 27.3 Å². The lowest BCUT2D eigenvalue weighted by Gasteiger charge is -2.12. The number of nitrogens with two attached hydrogens (primary N) is 1. The third kappa shape index (κ3) is 4.45. The van der Waals surface area contributed by atoms with Gasteiger partial charge in [-0.1, -0.05) is 6.07 Å². The molecule has 14 heteroatoms. The molecule has 0 fully saturated rings. The Bertz CT molecular complexity index is 1550. The number of amides is 1. The average molecular weight is 497 g/mol. The molecule has 0 aliphatic carbocycles. The number of nitrogens with one attached hydrogen (secondary N) is 1. The van der Waals surface area contributed by atoms with Gasteiger partial charge in [0, 0.05) is 11.3 Å². The predicted molar refractivity (Wildman–Crippen MR) is 109 cm³/mol. The fourth-order valence-corrected chi connectivity index (χ4v) is 3.64. The summed E-state index contributed by atoms with van der Waals surface area (Å²) in [4.78, 5) is 16.5. The lowest BCUT2D eigenvalue weighted by molar-refractivity contribution is -0.142. The molecule has 8 nitrogen and oxygen atoms in total. The van der Waals surface area contributed by atoms with E-state index in [9.17, 15) is 35.2 Å². The summed E-state index contributed by atoms with van der Waals surface area (Å²) in [5, 5.41) is 11.0. The number of alkyl halides is 3. The van der Waals surface area contributed by atoms with Crippen molar-refractivity contribution in [1.29, 1.82) is 0 Å². The number of nitrogens with zero attached hydrogens (tertiary/aromatic N) is 3. The molecule has 3 N–H and O–H groups in total. The summed E-state index contributed by atoms with van der Waals surface area (Å²) in [7, 11) is -4.08. The number of fused-ring (bicyclic) bond motifs is 1. The van der Waals surface area contributed by atoms with Gasteiger partial charge in [-0.25, -0.2) is 31.8 Å².